The van der Waals surface area contributed by atoms with E-state index in [1.807, 2.05) is 19.1 Å². The molecule has 1 atom stereocenters. The number of ether oxygens (including phenoxy) is 1. The molecule has 1 fully saturated rings. The zero-order valence-corrected chi connectivity index (χ0v) is 15.0. The van der Waals surface area contributed by atoms with Crippen molar-refractivity contribution in [3.8, 4) is 0 Å². The molecule has 134 valence electrons. The molecule has 2 amide bonds. The Morgan fingerprint density at radius 2 is 2.12 bits per heavy atom. The standard InChI is InChI=1S/C17H21N3O4S/c1-3-24-14(21)10-13-16(23)18-8-9-20(13)17(25)19-15(22)12-7-5-4-6-11(12)2/h4-7,13H,3,8-10H2,1-2H3,(H,18,23)(H,19,22,25)/t13-/m0/s1. The van der Waals surface area contributed by atoms with Gasteiger partial charge in [-0.05, 0) is 37.7 Å². The Morgan fingerprint density at radius 1 is 1.40 bits per heavy atom. The minimum absolute atomic E-state index is 0.123. The number of rotatable bonds is 4. The van der Waals surface area contributed by atoms with Crippen molar-refractivity contribution in [2.75, 3.05) is 19.7 Å². The fourth-order valence-electron chi connectivity index (χ4n) is 2.60. The van der Waals surface area contributed by atoms with Gasteiger partial charge in [0.2, 0.25) is 5.91 Å². The summed E-state index contributed by atoms with van der Waals surface area (Å²) in [5, 5.41) is 5.47. The second kappa shape index (κ2) is 8.57. The molecule has 8 heteroatoms. The van der Waals surface area contributed by atoms with Gasteiger partial charge < -0.3 is 15.0 Å². The van der Waals surface area contributed by atoms with Gasteiger partial charge in [-0.2, -0.15) is 0 Å². The van der Waals surface area contributed by atoms with E-state index in [4.69, 9.17) is 17.0 Å². The normalized spacial score (nSPS) is 16.8. The molecule has 1 heterocycles. The van der Waals surface area contributed by atoms with E-state index >= 15 is 0 Å². The van der Waals surface area contributed by atoms with E-state index in [2.05, 4.69) is 10.6 Å². The maximum absolute atomic E-state index is 12.4. The summed E-state index contributed by atoms with van der Waals surface area (Å²) >= 11 is 5.30. The van der Waals surface area contributed by atoms with Crippen LogP contribution in [0.3, 0.4) is 0 Å². The van der Waals surface area contributed by atoms with E-state index in [0.717, 1.165) is 5.56 Å². The summed E-state index contributed by atoms with van der Waals surface area (Å²) in [5.74, 6) is -1.14. The predicted molar refractivity (Wildman–Crippen MR) is 96.0 cm³/mol. The number of nitrogens with zero attached hydrogens (tertiary/aromatic N) is 1. The Labute approximate surface area is 151 Å². The van der Waals surface area contributed by atoms with Gasteiger partial charge >= 0.3 is 5.97 Å². The average molecular weight is 363 g/mol. The summed E-state index contributed by atoms with van der Waals surface area (Å²) in [6, 6.07) is 6.34. The van der Waals surface area contributed by atoms with Gasteiger partial charge in [0, 0.05) is 18.7 Å². The van der Waals surface area contributed by atoms with Gasteiger partial charge in [0.1, 0.15) is 6.04 Å². The average Bonchev–Trinajstić information content (AvgIpc) is 2.57. The van der Waals surface area contributed by atoms with Crippen molar-refractivity contribution in [3.05, 3.63) is 35.4 Å². The number of amides is 2. The molecule has 2 N–H and O–H groups in total. The van der Waals surface area contributed by atoms with Crippen LogP contribution >= 0.6 is 12.2 Å². The van der Waals surface area contributed by atoms with Gasteiger partial charge in [0.25, 0.3) is 5.91 Å². The minimum atomic E-state index is -0.794. The number of nitrogens with one attached hydrogen (secondary N) is 2. The number of esters is 1. The molecule has 7 nitrogen and oxygen atoms in total. The van der Waals surface area contributed by atoms with Gasteiger partial charge in [-0.1, -0.05) is 18.2 Å². The first kappa shape index (κ1) is 18.9. The lowest BCUT2D eigenvalue weighted by Gasteiger charge is -2.36. The van der Waals surface area contributed by atoms with E-state index in [1.54, 1.807) is 24.0 Å². The molecule has 0 aliphatic carbocycles. The molecule has 1 aromatic rings. The lowest BCUT2D eigenvalue weighted by molar-refractivity contribution is -0.147. The van der Waals surface area contributed by atoms with Crippen LogP contribution in [0.15, 0.2) is 24.3 Å². The summed E-state index contributed by atoms with van der Waals surface area (Å²) in [7, 11) is 0. The summed E-state index contributed by atoms with van der Waals surface area (Å²) < 4.78 is 4.91. The molecular weight excluding hydrogens is 342 g/mol. The van der Waals surface area contributed by atoms with E-state index < -0.39 is 12.0 Å². The third kappa shape index (κ3) is 4.76. The molecule has 25 heavy (non-hydrogen) atoms. The second-order valence-corrected chi connectivity index (χ2v) is 5.97. The number of carbonyl (C=O) groups is 3. The van der Waals surface area contributed by atoms with Crippen LogP contribution in [-0.4, -0.2) is 53.5 Å². The Hall–Kier alpha value is -2.48. The number of carbonyl (C=O) groups excluding carboxylic acids is 3. The fraction of sp³-hybridized carbons (Fsp3) is 0.412. The van der Waals surface area contributed by atoms with Gasteiger partial charge in [-0.3, -0.25) is 19.7 Å². The molecule has 0 spiro atoms. The van der Waals surface area contributed by atoms with Crippen LogP contribution < -0.4 is 10.6 Å². The summed E-state index contributed by atoms with van der Waals surface area (Å²) in [4.78, 5) is 37.9. The number of thiocarbonyl (C=S) groups is 1. The Balaban J connectivity index is 2.09. The molecule has 0 radical (unpaired) electrons. The number of piperazine rings is 1. The molecule has 1 aromatic carbocycles. The van der Waals surface area contributed by atoms with Crippen LogP contribution in [-0.2, 0) is 14.3 Å². The quantitative estimate of drug-likeness (QED) is 0.607. The van der Waals surface area contributed by atoms with Crippen molar-refractivity contribution in [2.24, 2.45) is 0 Å². The first-order chi connectivity index (χ1) is 11.9. The van der Waals surface area contributed by atoms with E-state index in [9.17, 15) is 14.4 Å². The Kier molecular flexibility index (Phi) is 6.46. The second-order valence-electron chi connectivity index (χ2n) is 5.58. The van der Waals surface area contributed by atoms with Gasteiger partial charge in [0.15, 0.2) is 5.11 Å². The van der Waals surface area contributed by atoms with Crippen molar-refractivity contribution in [1.29, 1.82) is 0 Å². The largest absolute Gasteiger partial charge is 0.466 e. The molecule has 1 aliphatic rings. The van der Waals surface area contributed by atoms with Gasteiger partial charge in [-0.15, -0.1) is 0 Å². The van der Waals surface area contributed by atoms with Crippen LogP contribution in [0.1, 0.15) is 29.3 Å². The first-order valence-electron chi connectivity index (χ1n) is 8.05. The van der Waals surface area contributed by atoms with Crippen LogP contribution in [0.25, 0.3) is 0 Å². The number of hydrogen-bond donors (Lipinski definition) is 2. The van der Waals surface area contributed by atoms with Crippen molar-refractivity contribution < 1.29 is 19.1 Å². The predicted octanol–water partition coefficient (Wildman–Crippen LogP) is 0.763. The van der Waals surface area contributed by atoms with Crippen molar-refractivity contribution in [2.45, 2.75) is 26.3 Å². The van der Waals surface area contributed by atoms with Crippen molar-refractivity contribution >= 4 is 35.1 Å². The summed E-state index contributed by atoms with van der Waals surface area (Å²) in [6.45, 7) is 4.56. The molecule has 0 aromatic heterocycles. The topological polar surface area (TPSA) is 87.7 Å². The smallest absolute Gasteiger partial charge is 0.308 e. The first-order valence-corrected chi connectivity index (χ1v) is 8.45. The molecule has 0 unspecified atom stereocenters. The molecule has 1 saturated heterocycles. The van der Waals surface area contributed by atoms with Crippen LogP contribution in [0.4, 0.5) is 0 Å². The molecule has 2 rings (SSSR count). The number of aryl methyl sites for hydroxylation is 1. The van der Waals surface area contributed by atoms with Crippen LogP contribution in [0.5, 0.6) is 0 Å². The minimum Gasteiger partial charge on any atom is -0.466 e. The lowest BCUT2D eigenvalue weighted by atomic mass is 10.1. The molecule has 1 aliphatic heterocycles. The Morgan fingerprint density at radius 3 is 2.80 bits per heavy atom. The van der Waals surface area contributed by atoms with Gasteiger partial charge in [-0.25, -0.2) is 0 Å². The van der Waals surface area contributed by atoms with E-state index in [0.29, 0.717) is 18.7 Å². The number of hydrogen-bond acceptors (Lipinski definition) is 5. The lowest BCUT2D eigenvalue weighted by Crippen LogP contribution is -2.60. The fourth-order valence-corrected chi connectivity index (χ4v) is 2.91. The van der Waals surface area contributed by atoms with E-state index in [-0.39, 0.29) is 30.0 Å². The summed E-state index contributed by atoms with van der Waals surface area (Å²) in [6.07, 6.45) is -0.125. The van der Waals surface area contributed by atoms with E-state index in [1.165, 1.54) is 0 Å². The SMILES string of the molecule is CCOC(=O)C[C@H]1C(=O)NCCN1C(=S)NC(=O)c1ccccc1C. The maximum Gasteiger partial charge on any atom is 0.308 e. The zero-order valence-electron chi connectivity index (χ0n) is 14.2. The maximum atomic E-state index is 12.4. The van der Waals surface area contributed by atoms with Crippen molar-refractivity contribution in [3.63, 3.8) is 0 Å². The molecule has 0 bridgehead atoms. The summed E-state index contributed by atoms with van der Waals surface area (Å²) in [5.41, 5.74) is 1.33. The zero-order chi connectivity index (χ0) is 18.4. The third-order valence-electron chi connectivity index (χ3n) is 3.87. The molecular formula is C17H21N3O4S. The van der Waals surface area contributed by atoms with Crippen LogP contribution in [0.2, 0.25) is 0 Å². The number of benzene rings is 1. The highest BCUT2D eigenvalue weighted by molar-refractivity contribution is 7.80. The Bertz CT molecular complexity index is 692. The highest BCUT2D eigenvalue weighted by atomic mass is 32.1. The van der Waals surface area contributed by atoms with Gasteiger partial charge in [0.05, 0.1) is 13.0 Å². The molecule has 0 saturated carbocycles. The highest BCUT2D eigenvalue weighted by Gasteiger charge is 2.34. The van der Waals surface area contributed by atoms with Crippen molar-refractivity contribution in [1.82, 2.24) is 15.5 Å². The highest BCUT2D eigenvalue weighted by Crippen LogP contribution is 2.12. The third-order valence-corrected chi connectivity index (χ3v) is 4.20. The monoisotopic (exact) mass is 363 g/mol. The van der Waals surface area contributed by atoms with Crippen LogP contribution in [0, 0.1) is 6.92 Å².